The fourth-order valence-electron chi connectivity index (χ4n) is 3.67. The van der Waals surface area contributed by atoms with Crippen molar-refractivity contribution in [3.8, 4) is 6.07 Å². The molecule has 1 aliphatic heterocycles. The Morgan fingerprint density at radius 1 is 1.21 bits per heavy atom. The van der Waals surface area contributed by atoms with Gasteiger partial charge in [0.05, 0.1) is 18.5 Å². The monoisotopic (exact) mass is 389 g/mol. The standard InChI is InChI=1S/C22H19N3O2S/c1-14(26)25-10-9-18-19(12-23)22(28-20(18)13-25)24-21(27)11-16-7-4-6-15-5-2-3-8-17(15)16/h2-8H,9-11,13H2,1H3,(H,24,27). The molecule has 0 atom stereocenters. The van der Waals surface area contributed by atoms with Crippen LogP contribution in [0.4, 0.5) is 5.00 Å². The van der Waals surface area contributed by atoms with E-state index in [2.05, 4.69) is 11.4 Å². The summed E-state index contributed by atoms with van der Waals surface area (Å²) < 4.78 is 0. The minimum atomic E-state index is -0.144. The summed E-state index contributed by atoms with van der Waals surface area (Å²) in [7, 11) is 0. The summed E-state index contributed by atoms with van der Waals surface area (Å²) in [5, 5.41) is 15.3. The molecule has 1 aliphatic rings. The molecule has 0 radical (unpaired) electrons. The average Bonchev–Trinajstić information content (AvgIpc) is 3.04. The number of hydrogen-bond acceptors (Lipinski definition) is 4. The first kappa shape index (κ1) is 18.2. The van der Waals surface area contributed by atoms with Gasteiger partial charge in [-0.1, -0.05) is 42.5 Å². The molecule has 0 fully saturated rings. The van der Waals surface area contributed by atoms with Crippen molar-refractivity contribution in [1.82, 2.24) is 4.90 Å². The van der Waals surface area contributed by atoms with Crippen LogP contribution in [0.15, 0.2) is 42.5 Å². The van der Waals surface area contributed by atoms with Gasteiger partial charge in [0.1, 0.15) is 11.1 Å². The van der Waals surface area contributed by atoms with Crippen LogP contribution in [0.2, 0.25) is 0 Å². The Bertz CT molecular complexity index is 1120. The summed E-state index contributed by atoms with van der Waals surface area (Å²) in [5.74, 6) is -0.117. The molecule has 4 rings (SSSR count). The highest BCUT2D eigenvalue weighted by Crippen LogP contribution is 2.36. The van der Waals surface area contributed by atoms with E-state index >= 15 is 0 Å². The van der Waals surface area contributed by atoms with Gasteiger partial charge in [0.25, 0.3) is 0 Å². The fraction of sp³-hybridized carbons (Fsp3) is 0.227. The number of hydrogen-bond donors (Lipinski definition) is 1. The molecule has 0 saturated heterocycles. The molecular formula is C22H19N3O2S. The van der Waals surface area contributed by atoms with E-state index in [1.54, 1.807) is 11.8 Å². The zero-order valence-corrected chi connectivity index (χ0v) is 16.3. The molecular weight excluding hydrogens is 370 g/mol. The van der Waals surface area contributed by atoms with Crippen molar-refractivity contribution in [2.75, 3.05) is 11.9 Å². The minimum Gasteiger partial charge on any atom is -0.337 e. The summed E-state index contributed by atoms with van der Waals surface area (Å²) in [4.78, 5) is 27.1. The number of benzene rings is 2. The number of thiophene rings is 1. The number of nitrogens with one attached hydrogen (secondary N) is 1. The van der Waals surface area contributed by atoms with E-state index in [-0.39, 0.29) is 18.2 Å². The Labute approximate surface area is 167 Å². The van der Waals surface area contributed by atoms with Gasteiger partial charge in [-0.2, -0.15) is 5.26 Å². The Kier molecular flexibility index (Phi) is 4.84. The molecule has 0 unspecified atom stereocenters. The maximum Gasteiger partial charge on any atom is 0.229 e. The van der Waals surface area contributed by atoms with Gasteiger partial charge in [0.2, 0.25) is 11.8 Å². The number of amides is 2. The predicted molar refractivity (Wildman–Crippen MR) is 110 cm³/mol. The van der Waals surface area contributed by atoms with E-state index in [1.807, 2.05) is 42.5 Å². The maximum absolute atomic E-state index is 12.7. The van der Waals surface area contributed by atoms with Crippen molar-refractivity contribution < 1.29 is 9.59 Å². The number of anilines is 1. The van der Waals surface area contributed by atoms with Crippen molar-refractivity contribution in [2.24, 2.45) is 0 Å². The normalized spacial score (nSPS) is 13.1. The molecule has 3 aromatic rings. The van der Waals surface area contributed by atoms with Crippen LogP contribution < -0.4 is 5.32 Å². The van der Waals surface area contributed by atoms with Crippen molar-refractivity contribution in [3.05, 3.63) is 64.0 Å². The second-order valence-corrected chi connectivity index (χ2v) is 7.98. The lowest BCUT2D eigenvalue weighted by Gasteiger charge is -2.25. The average molecular weight is 389 g/mol. The van der Waals surface area contributed by atoms with E-state index in [9.17, 15) is 14.9 Å². The second kappa shape index (κ2) is 7.45. The maximum atomic E-state index is 12.7. The Morgan fingerprint density at radius 3 is 2.79 bits per heavy atom. The van der Waals surface area contributed by atoms with Crippen LogP contribution in [-0.4, -0.2) is 23.3 Å². The van der Waals surface area contributed by atoms with E-state index in [1.165, 1.54) is 11.3 Å². The first-order valence-electron chi connectivity index (χ1n) is 9.13. The molecule has 1 N–H and O–H groups in total. The lowest BCUT2D eigenvalue weighted by atomic mass is 10.0. The molecule has 0 spiro atoms. The SMILES string of the molecule is CC(=O)N1CCc2c(sc(NC(=O)Cc3cccc4ccccc34)c2C#N)C1. The highest BCUT2D eigenvalue weighted by atomic mass is 32.1. The largest absolute Gasteiger partial charge is 0.337 e. The van der Waals surface area contributed by atoms with E-state index in [4.69, 9.17) is 0 Å². The third-order valence-corrected chi connectivity index (χ3v) is 6.23. The minimum absolute atomic E-state index is 0.0269. The Morgan fingerprint density at radius 2 is 2.00 bits per heavy atom. The molecule has 5 nitrogen and oxygen atoms in total. The third kappa shape index (κ3) is 3.37. The molecule has 6 heteroatoms. The van der Waals surface area contributed by atoms with Crippen molar-refractivity contribution in [3.63, 3.8) is 0 Å². The van der Waals surface area contributed by atoms with Crippen LogP contribution in [0.1, 0.15) is 28.5 Å². The summed E-state index contributed by atoms with van der Waals surface area (Å²) in [6.45, 7) is 2.66. The third-order valence-electron chi connectivity index (χ3n) is 5.10. The molecule has 0 saturated carbocycles. The predicted octanol–water partition coefficient (Wildman–Crippen LogP) is 3.86. The first-order valence-corrected chi connectivity index (χ1v) is 9.95. The van der Waals surface area contributed by atoms with Crippen LogP contribution in [-0.2, 0) is 29.0 Å². The highest BCUT2D eigenvalue weighted by molar-refractivity contribution is 7.16. The molecule has 0 aliphatic carbocycles. The van der Waals surface area contributed by atoms with Crippen LogP contribution in [0.5, 0.6) is 0 Å². The topological polar surface area (TPSA) is 73.2 Å². The smallest absolute Gasteiger partial charge is 0.229 e. The van der Waals surface area contributed by atoms with Crippen LogP contribution >= 0.6 is 11.3 Å². The van der Waals surface area contributed by atoms with Gasteiger partial charge in [-0.3, -0.25) is 9.59 Å². The zero-order valence-electron chi connectivity index (χ0n) is 15.5. The molecule has 28 heavy (non-hydrogen) atoms. The Hall–Kier alpha value is -3.17. The number of carbonyl (C=O) groups is 2. The van der Waals surface area contributed by atoms with Gasteiger partial charge < -0.3 is 10.2 Å². The van der Waals surface area contributed by atoms with Crippen molar-refractivity contribution in [1.29, 1.82) is 5.26 Å². The van der Waals surface area contributed by atoms with Crippen molar-refractivity contribution >= 4 is 38.9 Å². The van der Waals surface area contributed by atoms with Gasteiger partial charge in [-0.25, -0.2) is 0 Å². The van der Waals surface area contributed by atoms with Crippen LogP contribution in [0, 0.1) is 11.3 Å². The summed E-state index contributed by atoms with van der Waals surface area (Å²) >= 11 is 1.40. The molecule has 2 heterocycles. The number of carbonyl (C=O) groups excluding carboxylic acids is 2. The lowest BCUT2D eigenvalue weighted by molar-refractivity contribution is -0.129. The highest BCUT2D eigenvalue weighted by Gasteiger charge is 2.26. The van der Waals surface area contributed by atoms with Crippen LogP contribution in [0.25, 0.3) is 10.8 Å². The summed E-state index contributed by atoms with van der Waals surface area (Å²) in [6, 6.07) is 16.2. The quantitative estimate of drug-likeness (QED) is 0.739. The van der Waals surface area contributed by atoms with Crippen molar-refractivity contribution in [2.45, 2.75) is 26.3 Å². The van der Waals surface area contributed by atoms with Gasteiger partial charge in [0, 0.05) is 18.3 Å². The number of nitrogens with zero attached hydrogens (tertiary/aromatic N) is 2. The first-order chi connectivity index (χ1) is 13.6. The molecule has 140 valence electrons. The van der Waals surface area contributed by atoms with E-state index in [0.717, 1.165) is 26.8 Å². The number of fused-ring (bicyclic) bond motifs is 2. The molecule has 2 aromatic carbocycles. The van der Waals surface area contributed by atoms with Gasteiger partial charge >= 0.3 is 0 Å². The summed E-state index contributed by atoms with van der Waals surface area (Å²) in [5.41, 5.74) is 2.46. The van der Waals surface area contributed by atoms with E-state index < -0.39 is 0 Å². The van der Waals surface area contributed by atoms with Gasteiger partial charge in [0.15, 0.2) is 0 Å². The van der Waals surface area contributed by atoms with Gasteiger partial charge in [-0.15, -0.1) is 11.3 Å². The number of rotatable bonds is 3. The van der Waals surface area contributed by atoms with E-state index in [0.29, 0.717) is 30.1 Å². The number of nitriles is 1. The van der Waals surface area contributed by atoms with Crippen LogP contribution in [0.3, 0.4) is 0 Å². The second-order valence-electron chi connectivity index (χ2n) is 6.87. The Balaban J connectivity index is 1.57. The molecule has 1 aromatic heterocycles. The zero-order chi connectivity index (χ0) is 19.7. The molecule has 2 amide bonds. The summed E-state index contributed by atoms with van der Waals surface area (Å²) in [6.07, 6.45) is 0.891. The lowest BCUT2D eigenvalue weighted by Crippen LogP contribution is -2.33. The van der Waals surface area contributed by atoms with Gasteiger partial charge in [-0.05, 0) is 28.3 Å². The fourth-order valence-corrected chi connectivity index (χ4v) is 4.90. The molecule has 0 bridgehead atoms.